The van der Waals surface area contributed by atoms with Gasteiger partial charge in [0.15, 0.2) is 0 Å². The van der Waals surface area contributed by atoms with Crippen molar-refractivity contribution in [3.63, 3.8) is 0 Å². The standard InChI is InChI=1S/C16H26N2O/c1-16(2)14(10-15(16)19-3)18-11-13(17)9-12-7-5-4-6-8-12/h4-8,13-15,18H,9-11,17H2,1-3H3. The molecule has 0 amide bonds. The first-order chi connectivity index (χ1) is 9.04. The number of methoxy groups -OCH3 is 1. The van der Waals surface area contributed by atoms with Crippen molar-refractivity contribution >= 4 is 0 Å². The number of rotatable bonds is 6. The molecule has 0 saturated heterocycles. The van der Waals surface area contributed by atoms with Gasteiger partial charge in [-0.15, -0.1) is 0 Å². The van der Waals surface area contributed by atoms with Crippen molar-refractivity contribution in [2.75, 3.05) is 13.7 Å². The Morgan fingerprint density at radius 3 is 2.63 bits per heavy atom. The second kappa shape index (κ2) is 6.04. The fourth-order valence-electron chi connectivity index (χ4n) is 2.91. The molecular weight excluding hydrogens is 236 g/mol. The van der Waals surface area contributed by atoms with Crippen LogP contribution in [0.15, 0.2) is 30.3 Å². The molecule has 1 fully saturated rings. The molecule has 3 atom stereocenters. The summed E-state index contributed by atoms with van der Waals surface area (Å²) in [6.45, 7) is 5.37. The lowest BCUT2D eigenvalue weighted by atomic mass is 9.64. The first-order valence-corrected chi connectivity index (χ1v) is 7.09. The Hall–Kier alpha value is -0.900. The Labute approximate surface area is 116 Å². The Balaban J connectivity index is 1.74. The summed E-state index contributed by atoms with van der Waals surface area (Å²) in [6, 6.07) is 11.1. The first-order valence-electron chi connectivity index (χ1n) is 7.09. The number of ether oxygens (including phenoxy) is 1. The lowest BCUT2D eigenvalue weighted by Crippen LogP contribution is -2.62. The number of hydrogen-bond donors (Lipinski definition) is 2. The summed E-state index contributed by atoms with van der Waals surface area (Å²) in [7, 11) is 1.80. The van der Waals surface area contributed by atoms with Gasteiger partial charge in [0.2, 0.25) is 0 Å². The Kier molecular flexibility index (Phi) is 4.61. The molecule has 0 bridgehead atoms. The van der Waals surface area contributed by atoms with Crippen molar-refractivity contribution in [3.05, 3.63) is 35.9 Å². The molecule has 1 saturated carbocycles. The van der Waals surface area contributed by atoms with E-state index in [9.17, 15) is 0 Å². The van der Waals surface area contributed by atoms with Gasteiger partial charge in [0, 0.05) is 31.2 Å². The molecule has 0 aliphatic heterocycles. The minimum Gasteiger partial charge on any atom is -0.381 e. The van der Waals surface area contributed by atoms with Gasteiger partial charge < -0.3 is 15.8 Å². The molecule has 1 aromatic carbocycles. The van der Waals surface area contributed by atoms with Gasteiger partial charge in [0.05, 0.1) is 6.10 Å². The Morgan fingerprint density at radius 2 is 2.05 bits per heavy atom. The number of hydrogen-bond acceptors (Lipinski definition) is 3. The zero-order chi connectivity index (χ0) is 13.9. The van der Waals surface area contributed by atoms with Gasteiger partial charge in [0.25, 0.3) is 0 Å². The predicted molar refractivity (Wildman–Crippen MR) is 79.1 cm³/mol. The zero-order valence-electron chi connectivity index (χ0n) is 12.2. The number of benzene rings is 1. The summed E-state index contributed by atoms with van der Waals surface area (Å²) < 4.78 is 5.46. The van der Waals surface area contributed by atoms with Crippen LogP contribution in [0.2, 0.25) is 0 Å². The van der Waals surface area contributed by atoms with Crippen LogP contribution in [0.3, 0.4) is 0 Å². The highest BCUT2D eigenvalue weighted by Gasteiger charge is 2.48. The van der Waals surface area contributed by atoms with Crippen LogP contribution in [0.5, 0.6) is 0 Å². The van der Waals surface area contributed by atoms with E-state index in [4.69, 9.17) is 10.5 Å². The molecule has 3 heteroatoms. The maximum atomic E-state index is 6.19. The van der Waals surface area contributed by atoms with Crippen molar-refractivity contribution in [2.24, 2.45) is 11.1 Å². The smallest absolute Gasteiger partial charge is 0.0652 e. The molecule has 2 rings (SSSR count). The molecule has 1 aliphatic carbocycles. The van der Waals surface area contributed by atoms with Gasteiger partial charge in [-0.3, -0.25) is 0 Å². The molecule has 1 aromatic rings. The third-order valence-electron chi connectivity index (χ3n) is 4.43. The second-order valence-electron chi connectivity index (χ2n) is 6.19. The number of nitrogens with two attached hydrogens (primary N) is 1. The van der Waals surface area contributed by atoms with E-state index in [0.717, 1.165) is 19.4 Å². The van der Waals surface area contributed by atoms with E-state index in [0.29, 0.717) is 12.1 Å². The van der Waals surface area contributed by atoms with E-state index < -0.39 is 0 Å². The second-order valence-corrected chi connectivity index (χ2v) is 6.19. The van der Waals surface area contributed by atoms with E-state index in [1.807, 2.05) is 6.07 Å². The van der Waals surface area contributed by atoms with Crippen molar-refractivity contribution in [3.8, 4) is 0 Å². The van der Waals surface area contributed by atoms with Crippen molar-refractivity contribution < 1.29 is 4.74 Å². The van der Waals surface area contributed by atoms with Crippen LogP contribution < -0.4 is 11.1 Å². The molecule has 0 radical (unpaired) electrons. The highest BCUT2D eigenvalue weighted by molar-refractivity contribution is 5.16. The van der Waals surface area contributed by atoms with Crippen LogP contribution in [0.25, 0.3) is 0 Å². The van der Waals surface area contributed by atoms with E-state index in [1.54, 1.807) is 7.11 Å². The molecule has 3 nitrogen and oxygen atoms in total. The summed E-state index contributed by atoms with van der Waals surface area (Å²) in [4.78, 5) is 0. The van der Waals surface area contributed by atoms with Gasteiger partial charge in [-0.2, -0.15) is 0 Å². The fourth-order valence-corrected chi connectivity index (χ4v) is 2.91. The molecule has 0 aromatic heterocycles. The van der Waals surface area contributed by atoms with Crippen LogP contribution in [0.4, 0.5) is 0 Å². The molecule has 1 aliphatic rings. The van der Waals surface area contributed by atoms with Gasteiger partial charge in [-0.1, -0.05) is 44.2 Å². The summed E-state index contributed by atoms with van der Waals surface area (Å²) in [6.07, 6.45) is 2.38. The van der Waals surface area contributed by atoms with E-state index in [1.165, 1.54) is 5.56 Å². The van der Waals surface area contributed by atoms with E-state index in [-0.39, 0.29) is 11.5 Å². The molecular formula is C16H26N2O. The molecule has 0 heterocycles. The maximum absolute atomic E-state index is 6.19. The largest absolute Gasteiger partial charge is 0.381 e. The molecule has 106 valence electrons. The normalized spacial score (nSPS) is 26.7. The Bertz CT molecular complexity index is 391. The molecule has 19 heavy (non-hydrogen) atoms. The molecule has 0 spiro atoms. The van der Waals surface area contributed by atoms with Crippen molar-refractivity contribution in [2.45, 2.75) is 44.9 Å². The third kappa shape index (κ3) is 3.35. The van der Waals surface area contributed by atoms with E-state index in [2.05, 4.69) is 43.4 Å². The minimum atomic E-state index is 0.166. The van der Waals surface area contributed by atoms with E-state index >= 15 is 0 Å². The summed E-state index contributed by atoms with van der Waals surface area (Å²) >= 11 is 0. The quantitative estimate of drug-likeness (QED) is 0.824. The van der Waals surface area contributed by atoms with Crippen molar-refractivity contribution in [1.82, 2.24) is 5.32 Å². The monoisotopic (exact) mass is 262 g/mol. The maximum Gasteiger partial charge on any atom is 0.0652 e. The van der Waals surface area contributed by atoms with Gasteiger partial charge in [-0.05, 0) is 18.4 Å². The highest BCUT2D eigenvalue weighted by atomic mass is 16.5. The fraction of sp³-hybridized carbons (Fsp3) is 0.625. The van der Waals surface area contributed by atoms with Crippen LogP contribution >= 0.6 is 0 Å². The Morgan fingerprint density at radius 1 is 1.37 bits per heavy atom. The van der Waals surface area contributed by atoms with Crippen LogP contribution in [-0.2, 0) is 11.2 Å². The SMILES string of the molecule is COC1CC(NCC(N)Cc2ccccc2)C1(C)C. The number of nitrogens with one attached hydrogen (secondary N) is 1. The van der Waals surface area contributed by atoms with Crippen molar-refractivity contribution in [1.29, 1.82) is 0 Å². The van der Waals surface area contributed by atoms with Gasteiger partial charge >= 0.3 is 0 Å². The average Bonchev–Trinajstić information content (AvgIpc) is 2.39. The summed E-state index contributed by atoms with van der Waals surface area (Å²) in [5, 5.41) is 3.59. The summed E-state index contributed by atoms with van der Waals surface area (Å²) in [5.41, 5.74) is 7.71. The lowest BCUT2D eigenvalue weighted by molar-refractivity contribution is -0.0975. The zero-order valence-corrected chi connectivity index (χ0v) is 12.2. The van der Waals surface area contributed by atoms with Gasteiger partial charge in [0.1, 0.15) is 0 Å². The lowest BCUT2D eigenvalue weighted by Gasteiger charge is -2.51. The van der Waals surface area contributed by atoms with Crippen LogP contribution in [0.1, 0.15) is 25.8 Å². The minimum absolute atomic E-state index is 0.166. The predicted octanol–water partition coefficient (Wildman–Crippen LogP) is 1.96. The average molecular weight is 262 g/mol. The molecule has 3 N–H and O–H groups in total. The van der Waals surface area contributed by atoms with Gasteiger partial charge in [-0.25, -0.2) is 0 Å². The van der Waals surface area contributed by atoms with Crippen LogP contribution in [0, 0.1) is 5.41 Å². The third-order valence-corrected chi connectivity index (χ3v) is 4.43. The summed E-state index contributed by atoms with van der Waals surface area (Å²) in [5.74, 6) is 0. The molecule has 3 unspecified atom stereocenters. The topological polar surface area (TPSA) is 47.3 Å². The highest BCUT2D eigenvalue weighted by Crippen LogP contribution is 2.42. The first kappa shape index (κ1) is 14.5. The van der Waals surface area contributed by atoms with Crippen LogP contribution in [-0.4, -0.2) is 31.8 Å².